The highest BCUT2D eigenvalue weighted by Crippen LogP contribution is 2.30. The first-order chi connectivity index (χ1) is 9.80. The van der Waals surface area contributed by atoms with Crippen LogP contribution in [0.2, 0.25) is 0 Å². The molecule has 0 saturated carbocycles. The van der Waals surface area contributed by atoms with Gasteiger partial charge in [0.05, 0.1) is 6.54 Å². The van der Waals surface area contributed by atoms with Crippen LogP contribution in [-0.2, 0) is 4.79 Å². The van der Waals surface area contributed by atoms with E-state index in [1.165, 1.54) is 4.90 Å². The van der Waals surface area contributed by atoms with Crippen LogP contribution in [0.1, 0.15) is 39.0 Å². The number of rotatable bonds is 3. The van der Waals surface area contributed by atoms with Gasteiger partial charge >= 0.3 is 6.18 Å². The Bertz CT molecular complexity index is 376. The molecular weight excluding hydrogens is 285 g/mol. The fraction of sp³-hybridized carbons (Fsp3) is 0.929. The molecule has 21 heavy (non-hydrogen) atoms. The molecule has 0 unspecified atom stereocenters. The molecule has 0 aromatic carbocycles. The highest BCUT2D eigenvalue weighted by atomic mass is 19.4. The van der Waals surface area contributed by atoms with Crippen molar-refractivity contribution in [3.8, 4) is 0 Å². The van der Waals surface area contributed by atoms with Gasteiger partial charge in [-0.2, -0.15) is 13.2 Å². The summed E-state index contributed by atoms with van der Waals surface area (Å²) in [6.45, 7) is 3.07. The summed E-state index contributed by atoms with van der Waals surface area (Å²) < 4.78 is 38.0. The third-order valence-corrected chi connectivity index (χ3v) is 4.58. The number of aliphatic hydroxyl groups is 1. The molecule has 2 saturated heterocycles. The Morgan fingerprint density at radius 1 is 1.24 bits per heavy atom. The van der Waals surface area contributed by atoms with Gasteiger partial charge in [-0.05, 0) is 45.6 Å². The van der Waals surface area contributed by atoms with Crippen molar-refractivity contribution in [3.05, 3.63) is 0 Å². The van der Waals surface area contributed by atoms with Gasteiger partial charge < -0.3 is 10.0 Å². The number of alkyl halides is 3. The Morgan fingerprint density at radius 3 is 2.57 bits per heavy atom. The SMILES string of the molecule is C[C@@H]1CCCCN1C(=O)CN1CCC[C@@H]1[C@H](O)C(F)(F)F. The molecular formula is C14H23F3N2O2. The Morgan fingerprint density at radius 2 is 1.95 bits per heavy atom. The first-order valence-corrected chi connectivity index (χ1v) is 7.59. The Kier molecular flexibility index (Phi) is 5.14. The predicted octanol–water partition coefficient (Wildman–Crippen LogP) is 1.77. The second kappa shape index (κ2) is 6.52. The number of carbonyl (C=O) groups is 1. The summed E-state index contributed by atoms with van der Waals surface area (Å²) in [5, 5.41) is 9.44. The average molecular weight is 308 g/mol. The smallest absolute Gasteiger partial charge is 0.382 e. The molecule has 0 aliphatic carbocycles. The molecule has 2 heterocycles. The van der Waals surface area contributed by atoms with E-state index in [4.69, 9.17) is 0 Å². The maximum absolute atomic E-state index is 12.7. The summed E-state index contributed by atoms with van der Waals surface area (Å²) >= 11 is 0. The molecule has 1 amide bonds. The minimum Gasteiger partial charge on any atom is -0.382 e. The van der Waals surface area contributed by atoms with E-state index in [-0.39, 0.29) is 24.9 Å². The van der Waals surface area contributed by atoms with Gasteiger partial charge in [0.25, 0.3) is 0 Å². The fourth-order valence-corrected chi connectivity index (χ4v) is 3.36. The molecule has 7 heteroatoms. The zero-order chi connectivity index (χ0) is 15.6. The van der Waals surface area contributed by atoms with Crippen molar-refractivity contribution in [1.82, 2.24) is 9.80 Å². The number of halogens is 3. The molecule has 0 spiro atoms. The van der Waals surface area contributed by atoms with Gasteiger partial charge in [0, 0.05) is 18.6 Å². The van der Waals surface area contributed by atoms with Crippen LogP contribution in [0.5, 0.6) is 0 Å². The van der Waals surface area contributed by atoms with Crippen molar-refractivity contribution in [2.24, 2.45) is 0 Å². The lowest BCUT2D eigenvalue weighted by Gasteiger charge is -2.36. The molecule has 0 aromatic heterocycles. The zero-order valence-electron chi connectivity index (χ0n) is 12.3. The van der Waals surface area contributed by atoms with Gasteiger partial charge in [-0.25, -0.2) is 0 Å². The standard InChI is InChI=1S/C14H23F3N2O2/c1-10-5-2-3-8-19(10)12(20)9-18-7-4-6-11(18)13(21)14(15,16)17/h10-11,13,21H,2-9H2,1H3/t10-,11-,13+/m1/s1. The second-order valence-corrected chi connectivity index (χ2v) is 6.10. The molecule has 0 radical (unpaired) electrons. The lowest BCUT2D eigenvalue weighted by Crippen LogP contribution is -2.52. The van der Waals surface area contributed by atoms with Crippen molar-refractivity contribution >= 4 is 5.91 Å². The number of hydrogen-bond donors (Lipinski definition) is 1. The average Bonchev–Trinajstić information content (AvgIpc) is 2.85. The third-order valence-electron chi connectivity index (χ3n) is 4.58. The van der Waals surface area contributed by atoms with Gasteiger partial charge in [0.15, 0.2) is 6.10 Å². The minimum absolute atomic E-state index is 0.0256. The maximum Gasteiger partial charge on any atom is 0.415 e. The lowest BCUT2D eigenvalue weighted by atomic mass is 10.0. The van der Waals surface area contributed by atoms with E-state index in [0.29, 0.717) is 19.5 Å². The summed E-state index contributed by atoms with van der Waals surface area (Å²) in [4.78, 5) is 15.6. The third kappa shape index (κ3) is 3.88. The number of aliphatic hydroxyl groups excluding tert-OH is 1. The second-order valence-electron chi connectivity index (χ2n) is 6.10. The van der Waals surface area contributed by atoms with Crippen molar-refractivity contribution in [1.29, 1.82) is 0 Å². The van der Waals surface area contributed by atoms with Crippen molar-refractivity contribution in [3.63, 3.8) is 0 Å². The van der Waals surface area contributed by atoms with E-state index in [1.54, 1.807) is 4.90 Å². The van der Waals surface area contributed by atoms with Crippen LogP contribution in [0.25, 0.3) is 0 Å². The van der Waals surface area contributed by atoms with Gasteiger partial charge in [-0.1, -0.05) is 0 Å². The monoisotopic (exact) mass is 308 g/mol. The van der Waals surface area contributed by atoms with Gasteiger partial charge in [-0.3, -0.25) is 9.69 Å². The first-order valence-electron chi connectivity index (χ1n) is 7.59. The lowest BCUT2D eigenvalue weighted by molar-refractivity contribution is -0.219. The Hall–Kier alpha value is -0.820. The number of nitrogens with zero attached hydrogens (tertiary/aromatic N) is 2. The van der Waals surface area contributed by atoms with Gasteiger partial charge in [0.1, 0.15) is 0 Å². The Balaban J connectivity index is 1.96. The largest absolute Gasteiger partial charge is 0.415 e. The minimum atomic E-state index is -4.63. The van der Waals surface area contributed by atoms with Crippen LogP contribution in [0.3, 0.4) is 0 Å². The van der Waals surface area contributed by atoms with Gasteiger partial charge in [0.2, 0.25) is 5.91 Å². The highest BCUT2D eigenvalue weighted by molar-refractivity contribution is 5.78. The van der Waals surface area contributed by atoms with Crippen molar-refractivity contribution in [2.75, 3.05) is 19.6 Å². The molecule has 0 bridgehead atoms. The molecule has 2 rings (SSSR count). The van der Waals surface area contributed by atoms with E-state index in [9.17, 15) is 23.1 Å². The van der Waals surface area contributed by atoms with Crippen LogP contribution < -0.4 is 0 Å². The highest BCUT2D eigenvalue weighted by Gasteiger charge is 2.47. The molecule has 1 N–H and O–H groups in total. The van der Waals surface area contributed by atoms with E-state index >= 15 is 0 Å². The summed E-state index contributed by atoms with van der Waals surface area (Å²) in [7, 11) is 0. The molecule has 3 atom stereocenters. The quantitative estimate of drug-likeness (QED) is 0.864. The predicted molar refractivity (Wildman–Crippen MR) is 71.7 cm³/mol. The van der Waals surface area contributed by atoms with Crippen molar-refractivity contribution in [2.45, 2.75) is 63.4 Å². The van der Waals surface area contributed by atoms with E-state index < -0.39 is 18.3 Å². The van der Waals surface area contributed by atoms with E-state index in [1.807, 2.05) is 6.92 Å². The van der Waals surface area contributed by atoms with Crippen LogP contribution in [0.4, 0.5) is 13.2 Å². The number of amides is 1. The topological polar surface area (TPSA) is 43.8 Å². The number of carbonyl (C=O) groups excluding carboxylic acids is 1. The fourth-order valence-electron chi connectivity index (χ4n) is 3.36. The van der Waals surface area contributed by atoms with E-state index in [0.717, 1.165) is 19.3 Å². The molecule has 2 aliphatic rings. The zero-order valence-corrected chi connectivity index (χ0v) is 12.3. The van der Waals surface area contributed by atoms with E-state index in [2.05, 4.69) is 0 Å². The Labute approximate surface area is 122 Å². The molecule has 4 nitrogen and oxygen atoms in total. The normalized spacial score (nSPS) is 29.7. The maximum atomic E-state index is 12.7. The van der Waals surface area contributed by atoms with Crippen LogP contribution in [0, 0.1) is 0 Å². The van der Waals surface area contributed by atoms with Crippen LogP contribution in [0.15, 0.2) is 0 Å². The van der Waals surface area contributed by atoms with Crippen LogP contribution in [-0.4, -0.2) is 64.8 Å². The van der Waals surface area contributed by atoms with Crippen LogP contribution >= 0.6 is 0 Å². The number of likely N-dealkylation sites (tertiary alicyclic amines) is 2. The molecule has 2 aliphatic heterocycles. The summed E-state index contributed by atoms with van der Waals surface area (Å²) in [5.41, 5.74) is 0. The summed E-state index contributed by atoms with van der Waals surface area (Å²) in [6.07, 6.45) is -3.15. The summed E-state index contributed by atoms with van der Waals surface area (Å²) in [5.74, 6) is -0.122. The molecule has 122 valence electrons. The molecule has 2 fully saturated rings. The van der Waals surface area contributed by atoms with Gasteiger partial charge in [-0.15, -0.1) is 0 Å². The summed E-state index contributed by atoms with van der Waals surface area (Å²) in [6, 6.07) is -0.839. The first kappa shape index (κ1) is 16.5. The molecule has 0 aromatic rings. The van der Waals surface area contributed by atoms with Crippen molar-refractivity contribution < 1.29 is 23.1 Å². The number of hydrogen-bond acceptors (Lipinski definition) is 3. The number of piperidine rings is 1.